The van der Waals surface area contributed by atoms with E-state index in [1.807, 2.05) is 0 Å². The maximum Gasteiger partial charge on any atom is 0.295 e. The molecule has 1 aromatic heterocycles. The fraction of sp³-hybridized carbons (Fsp3) is 0.286. The van der Waals surface area contributed by atoms with Crippen LogP contribution < -0.4 is 4.57 Å². The SMILES string of the molecule is Cc1cc(C(C)C)c(-n2c(-c3ccccc3C)[n+](C)c3c4c(ccc32)Cc2ccccc2-4)c(C(C)C)c1. The van der Waals surface area contributed by atoms with Crippen molar-refractivity contribution in [3.63, 3.8) is 0 Å². The van der Waals surface area contributed by atoms with Crippen LogP contribution in [-0.2, 0) is 13.5 Å². The van der Waals surface area contributed by atoms with Crippen molar-refractivity contribution in [2.24, 2.45) is 7.05 Å². The van der Waals surface area contributed by atoms with E-state index in [4.69, 9.17) is 0 Å². The molecule has 2 nitrogen and oxygen atoms in total. The van der Waals surface area contributed by atoms with Gasteiger partial charge in [-0.05, 0) is 66.5 Å². The van der Waals surface area contributed by atoms with Gasteiger partial charge in [-0.25, -0.2) is 4.57 Å². The van der Waals surface area contributed by atoms with Crippen LogP contribution in [0.1, 0.15) is 72.9 Å². The first-order chi connectivity index (χ1) is 17.8. The van der Waals surface area contributed by atoms with Crippen molar-refractivity contribution in [2.75, 3.05) is 0 Å². The van der Waals surface area contributed by atoms with Crippen molar-refractivity contribution >= 4 is 11.0 Å². The topological polar surface area (TPSA) is 8.81 Å². The van der Waals surface area contributed by atoms with Crippen LogP contribution in [0.15, 0.2) is 72.8 Å². The zero-order valence-electron chi connectivity index (χ0n) is 23.2. The van der Waals surface area contributed by atoms with Crippen molar-refractivity contribution in [2.45, 2.75) is 59.8 Å². The average Bonchev–Trinajstić information content (AvgIpc) is 3.38. The molecule has 0 amide bonds. The summed E-state index contributed by atoms with van der Waals surface area (Å²) in [7, 11) is 2.26. The summed E-state index contributed by atoms with van der Waals surface area (Å²) in [6.07, 6.45) is 1.01. The molecule has 1 aliphatic carbocycles. The van der Waals surface area contributed by atoms with Gasteiger partial charge in [0.25, 0.3) is 5.82 Å². The number of hydrogen-bond acceptors (Lipinski definition) is 0. The fourth-order valence-corrected chi connectivity index (χ4v) is 6.41. The normalized spacial score (nSPS) is 12.6. The highest BCUT2D eigenvalue weighted by atomic mass is 15.2. The molecule has 0 fully saturated rings. The van der Waals surface area contributed by atoms with Crippen molar-refractivity contribution < 1.29 is 4.57 Å². The van der Waals surface area contributed by atoms with E-state index in [2.05, 4.69) is 131 Å². The Labute approximate surface area is 221 Å². The molecule has 37 heavy (non-hydrogen) atoms. The smallest absolute Gasteiger partial charge is 0.225 e. The quantitative estimate of drug-likeness (QED) is 0.221. The fourth-order valence-electron chi connectivity index (χ4n) is 6.41. The zero-order chi connectivity index (χ0) is 26.0. The Bertz CT molecular complexity index is 1650. The average molecular weight is 486 g/mol. The Morgan fingerprint density at radius 1 is 0.730 bits per heavy atom. The summed E-state index contributed by atoms with van der Waals surface area (Å²) in [4.78, 5) is 0. The Balaban J connectivity index is 1.84. The van der Waals surface area contributed by atoms with Gasteiger partial charge >= 0.3 is 0 Å². The molecule has 186 valence electrons. The number of aryl methyl sites for hydroxylation is 3. The van der Waals surface area contributed by atoms with Gasteiger partial charge < -0.3 is 0 Å². The van der Waals surface area contributed by atoms with Gasteiger partial charge in [-0.1, -0.05) is 93.9 Å². The lowest BCUT2D eigenvalue weighted by atomic mass is 9.90. The third-order valence-corrected chi connectivity index (χ3v) is 8.18. The van der Waals surface area contributed by atoms with E-state index in [0.29, 0.717) is 11.8 Å². The van der Waals surface area contributed by atoms with E-state index in [1.165, 1.54) is 72.6 Å². The van der Waals surface area contributed by atoms with Crippen molar-refractivity contribution in [3.8, 4) is 28.2 Å². The van der Waals surface area contributed by atoms with E-state index in [-0.39, 0.29) is 0 Å². The van der Waals surface area contributed by atoms with E-state index >= 15 is 0 Å². The number of rotatable bonds is 4. The lowest BCUT2D eigenvalue weighted by Gasteiger charge is -2.20. The molecule has 0 saturated carbocycles. The minimum absolute atomic E-state index is 0.412. The molecule has 0 atom stereocenters. The number of aromatic nitrogens is 2. The number of nitrogens with zero attached hydrogens (tertiary/aromatic N) is 2. The summed E-state index contributed by atoms with van der Waals surface area (Å²) in [5, 5.41) is 0. The summed E-state index contributed by atoms with van der Waals surface area (Å²) in [5.41, 5.74) is 16.3. The zero-order valence-corrected chi connectivity index (χ0v) is 23.2. The molecular weight excluding hydrogens is 448 g/mol. The van der Waals surface area contributed by atoms with Crippen LogP contribution in [0.25, 0.3) is 39.2 Å². The molecule has 0 radical (unpaired) electrons. The predicted molar refractivity (Wildman–Crippen MR) is 156 cm³/mol. The van der Waals surface area contributed by atoms with Gasteiger partial charge in [-0.2, -0.15) is 4.57 Å². The Kier molecular flexibility index (Phi) is 5.60. The molecular formula is C35H37N2+. The number of imidazole rings is 1. The van der Waals surface area contributed by atoms with E-state index in [9.17, 15) is 0 Å². The number of benzene rings is 4. The minimum atomic E-state index is 0.412. The van der Waals surface area contributed by atoms with Gasteiger partial charge in [0.2, 0.25) is 0 Å². The highest BCUT2D eigenvalue weighted by molar-refractivity contribution is 5.97. The van der Waals surface area contributed by atoms with Crippen LogP contribution >= 0.6 is 0 Å². The van der Waals surface area contributed by atoms with Gasteiger partial charge in [0, 0.05) is 16.7 Å². The van der Waals surface area contributed by atoms with E-state index in [0.717, 1.165) is 6.42 Å². The molecule has 0 saturated heterocycles. The molecule has 1 aliphatic rings. The lowest BCUT2D eigenvalue weighted by molar-refractivity contribution is -0.633. The number of hydrogen-bond donors (Lipinski definition) is 0. The Morgan fingerprint density at radius 3 is 2.00 bits per heavy atom. The summed E-state index contributed by atoms with van der Waals surface area (Å²) in [6.45, 7) is 13.8. The van der Waals surface area contributed by atoms with Crippen molar-refractivity contribution in [1.82, 2.24) is 4.57 Å². The van der Waals surface area contributed by atoms with Crippen LogP contribution in [0.4, 0.5) is 0 Å². The van der Waals surface area contributed by atoms with Crippen LogP contribution in [-0.4, -0.2) is 4.57 Å². The molecule has 6 rings (SSSR count). The third kappa shape index (κ3) is 3.57. The third-order valence-electron chi connectivity index (χ3n) is 8.18. The molecule has 0 spiro atoms. The molecule has 4 aromatic carbocycles. The Hall–Kier alpha value is -3.65. The minimum Gasteiger partial charge on any atom is -0.225 e. The molecule has 5 aromatic rings. The van der Waals surface area contributed by atoms with Gasteiger partial charge in [0.15, 0.2) is 11.0 Å². The first kappa shape index (κ1) is 23.7. The van der Waals surface area contributed by atoms with Crippen molar-refractivity contribution in [1.29, 1.82) is 0 Å². The van der Waals surface area contributed by atoms with Gasteiger partial charge in [0.1, 0.15) is 5.69 Å². The predicted octanol–water partition coefficient (Wildman–Crippen LogP) is 8.56. The van der Waals surface area contributed by atoms with Crippen molar-refractivity contribution in [3.05, 3.63) is 106 Å². The summed E-state index contributed by atoms with van der Waals surface area (Å²) in [5.74, 6) is 2.07. The molecule has 0 unspecified atom stereocenters. The second-order valence-electron chi connectivity index (χ2n) is 11.4. The van der Waals surface area contributed by atoms with Crippen LogP contribution in [0.3, 0.4) is 0 Å². The highest BCUT2D eigenvalue weighted by Crippen LogP contribution is 2.44. The van der Waals surface area contributed by atoms with E-state index in [1.54, 1.807) is 0 Å². The molecule has 0 N–H and O–H groups in total. The van der Waals surface area contributed by atoms with Crippen LogP contribution in [0, 0.1) is 13.8 Å². The highest BCUT2D eigenvalue weighted by Gasteiger charge is 2.35. The summed E-state index contributed by atoms with van der Waals surface area (Å²) in [6, 6.07) is 27.3. The summed E-state index contributed by atoms with van der Waals surface area (Å²) < 4.78 is 5.05. The van der Waals surface area contributed by atoms with Gasteiger partial charge in [-0.15, -0.1) is 0 Å². The number of fused-ring (bicyclic) bond motifs is 5. The van der Waals surface area contributed by atoms with E-state index < -0.39 is 0 Å². The molecule has 0 aliphatic heterocycles. The molecule has 1 heterocycles. The monoisotopic (exact) mass is 485 g/mol. The maximum absolute atomic E-state index is 2.59. The van der Waals surface area contributed by atoms with Gasteiger partial charge in [0.05, 0.1) is 12.6 Å². The first-order valence-electron chi connectivity index (χ1n) is 13.6. The van der Waals surface area contributed by atoms with Crippen LogP contribution in [0.2, 0.25) is 0 Å². The van der Waals surface area contributed by atoms with Gasteiger partial charge in [-0.3, -0.25) is 0 Å². The largest absolute Gasteiger partial charge is 0.295 e. The Morgan fingerprint density at radius 2 is 1.35 bits per heavy atom. The standard InChI is InChI=1S/C35H37N2/c1-21(2)29-18-23(5)19-30(22(3)4)33(29)37-31-17-16-26-20-25-13-9-11-15-28(25)32(26)34(31)36(7)35(37)27-14-10-8-12-24(27)6/h8-19,21-22H,20H2,1-7H3/q+1. The first-order valence-corrected chi connectivity index (χ1v) is 13.6. The summed E-state index contributed by atoms with van der Waals surface area (Å²) >= 11 is 0. The second-order valence-corrected chi connectivity index (χ2v) is 11.4. The second kappa shape index (κ2) is 8.73. The lowest BCUT2D eigenvalue weighted by Crippen LogP contribution is -2.31. The maximum atomic E-state index is 2.59. The molecule has 2 heteroatoms. The molecule has 0 bridgehead atoms. The van der Waals surface area contributed by atoms with Crippen LogP contribution in [0.5, 0.6) is 0 Å².